The number of aryl methyl sites for hydroxylation is 2. The van der Waals surface area contributed by atoms with E-state index in [-0.39, 0.29) is 33.9 Å². The van der Waals surface area contributed by atoms with E-state index in [0.717, 1.165) is 11.1 Å². The minimum atomic E-state index is -0.893. The van der Waals surface area contributed by atoms with E-state index in [0.29, 0.717) is 5.69 Å². The lowest BCUT2D eigenvalue weighted by Crippen LogP contribution is -2.15. The number of imidazole rings is 1. The number of hydrogen-bond donors (Lipinski definition) is 2. The molecule has 10 heteroatoms. The van der Waals surface area contributed by atoms with Gasteiger partial charge in [-0.2, -0.15) is 0 Å². The second-order valence-corrected chi connectivity index (χ2v) is 6.77. The Bertz CT molecular complexity index is 1400. The van der Waals surface area contributed by atoms with Crippen LogP contribution in [0.1, 0.15) is 21.6 Å². The van der Waals surface area contributed by atoms with Gasteiger partial charge in [0, 0.05) is 6.07 Å². The van der Waals surface area contributed by atoms with Crippen LogP contribution in [0.5, 0.6) is 0 Å². The zero-order chi connectivity index (χ0) is 21.6. The average molecular weight is 404 g/mol. The van der Waals surface area contributed by atoms with Crippen LogP contribution >= 0.6 is 0 Å². The van der Waals surface area contributed by atoms with E-state index in [9.17, 15) is 19.7 Å². The van der Waals surface area contributed by atoms with Gasteiger partial charge in [0.15, 0.2) is 17.2 Å². The van der Waals surface area contributed by atoms with Crippen molar-refractivity contribution < 1.29 is 9.72 Å². The van der Waals surface area contributed by atoms with Gasteiger partial charge >= 0.3 is 5.69 Å². The first kappa shape index (κ1) is 19.0. The summed E-state index contributed by atoms with van der Waals surface area (Å²) in [6, 6.07) is 11.3. The fraction of sp³-hybridized carbons (Fsp3) is 0.100. The summed E-state index contributed by atoms with van der Waals surface area (Å²) in [6.45, 7) is 3.85. The third-order valence-electron chi connectivity index (χ3n) is 4.86. The van der Waals surface area contributed by atoms with Crippen molar-refractivity contribution in [3.05, 3.63) is 79.9 Å². The van der Waals surface area contributed by atoms with E-state index >= 15 is 0 Å². The summed E-state index contributed by atoms with van der Waals surface area (Å²) in [5.41, 5.74) is 7.26. The number of aromatic amines is 1. The largest absolute Gasteiger partial charge is 0.364 e. The maximum absolute atomic E-state index is 12.7. The molecular weight excluding hydrogens is 388 g/mol. The van der Waals surface area contributed by atoms with Crippen molar-refractivity contribution in [1.29, 1.82) is 0 Å². The first-order valence-electron chi connectivity index (χ1n) is 8.92. The van der Waals surface area contributed by atoms with Gasteiger partial charge in [0.25, 0.3) is 11.6 Å². The van der Waals surface area contributed by atoms with E-state index in [2.05, 4.69) is 15.0 Å². The number of aromatic nitrogens is 4. The molecule has 1 amide bonds. The lowest BCUT2D eigenvalue weighted by atomic mass is 10.1. The minimum absolute atomic E-state index is 0.0630. The number of para-hydroxylation sites is 1. The van der Waals surface area contributed by atoms with Crippen LogP contribution in [0.15, 0.2) is 47.3 Å². The lowest BCUT2D eigenvalue weighted by Gasteiger charge is -2.08. The van der Waals surface area contributed by atoms with Crippen molar-refractivity contribution in [1.82, 2.24) is 19.5 Å². The molecule has 4 aromatic rings. The number of nitro benzene ring substituents is 1. The van der Waals surface area contributed by atoms with Crippen LogP contribution in [0, 0.1) is 24.0 Å². The van der Waals surface area contributed by atoms with Gasteiger partial charge in [-0.05, 0) is 43.2 Å². The van der Waals surface area contributed by atoms with Gasteiger partial charge in [0.2, 0.25) is 0 Å². The number of nitrogens with one attached hydrogen (secondary N) is 1. The summed E-state index contributed by atoms with van der Waals surface area (Å²) >= 11 is 0. The molecule has 150 valence electrons. The molecule has 10 nitrogen and oxygen atoms in total. The van der Waals surface area contributed by atoms with E-state index in [1.807, 2.05) is 19.9 Å². The van der Waals surface area contributed by atoms with Crippen molar-refractivity contribution in [3.8, 4) is 17.1 Å². The van der Waals surface area contributed by atoms with Gasteiger partial charge < -0.3 is 10.7 Å². The number of nitrogens with two attached hydrogens (primary N) is 1. The van der Waals surface area contributed by atoms with Gasteiger partial charge in [-0.3, -0.25) is 14.9 Å². The molecule has 0 saturated heterocycles. The third kappa shape index (κ3) is 3.00. The van der Waals surface area contributed by atoms with Crippen LogP contribution in [-0.4, -0.2) is 30.3 Å². The molecule has 30 heavy (non-hydrogen) atoms. The van der Waals surface area contributed by atoms with Gasteiger partial charge in [-0.25, -0.2) is 19.3 Å². The number of nitrogens with zero attached hydrogens (tertiary/aromatic N) is 4. The van der Waals surface area contributed by atoms with E-state index in [4.69, 9.17) is 5.73 Å². The summed E-state index contributed by atoms with van der Waals surface area (Å²) in [5, 5.41) is 11.4. The summed E-state index contributed by atoms with van der Waals surface area (Å²) in [4.78, 5) is 46.7. The highest BCUT2D eigenvalue weighted by Crippen LogP contribution is 2.29. The normalized spacial score (nSPS) is 11.0. The van der Waals surface area contributed by atoms with E-state index < -0.39 is 16.5 Å². The first-order valence-corrected chi connectivity index (χ1v) is 8.92. The maximum Gasteiger partial charge on any atom is 0.332 e. The van der Waals surface area contributed by atoms with Crippen LogP contribution in [0.4, 0.5) is 5.69 Å². The molecule has 2 aromatic heterocycles. The number of nitro groups is 1. The molecule has 0 atom stereocenters. The van der Waals surface area contributed by atoms with Gasteiger partial charge in [-0.1, -0.05) is 18.2 Å². The first-order chi connectivity index (χ1) is 14.3. The molecule has 0 saturated carbocycles. The van der Waals surface area contributed by atoms with Gasteiger partial charge in [0.05, 0.1) is 16.2 Å². The Morgan fingerprint density at radius 3 is 2.53 bits per heavy atom. The Kier molecular flexibility index (Phi) is 4.38. The zero-order valence-corrected chi connectivity index (χ0v) is 16.0. The summed E-state index contributed by atoms with van der Waals surface area (Å²) in [6.07, 6.45) is 0. The van der Waals surface area contributed by atoms with Gasteiger partial charge in [0.1, 0.15) is 5.52 Å². The molecule has 4 rings (SSSR count). The highest BCUT2D eigenvalue weighted by Gasteiger charge is 2.23. The predicted octanol–water partition coefficient (Wildman–Crippen LogP) is 2.40. The molecule has 3 N–H and O–H groups in total. The van der Waals surface area contributed by atoms with E-state index in [1.165, 1.54) is 22.8 Å². The standard InChI is InChI=1S/C20H16N6O4/c1-10-7-8-12(9-11(10)2)25-19-16(23-20(25)28)15(17(21)27)22-18(24-19)13-5-3-4-6-14(13)26(29)30/h3-9H,1-2H3,(H2,21,27)(H,23,28). The molecule has 0 spiro atoms. The van der Waals surface area contributed by atoms with Crippen molar-refractivity contribution >= 4 is 22.8 Å². The van der Waals surface area contributed by atoms with Crippen molar-refractivity contribution in [2.75, 3.05) is 0 Å². The predicted molar refractivity (Wildman–Crippen MR) is 110 cm³/mol. The number of hydrogen-bond acceptors (Lipinski definition) is 6. The second-order valence-electron chi connectivity index (χ2n) is 6.77. The van der Waals surface area contributed by atoms with Crippen molar-refractivity contribution in [2.45, 2.75) is 13.8 Å². The van der Waals surface area contributed by atoms with Gasteiger partial charge in [-0.15, -0.1) is 0 Å². The van der Waals surface area contributed by atoms with Crippen LogP contribution in [-0.2, 0) is 0 Å². The molecule has 2 heterocycles. The van der Waals surface area contributed by atoms with Crippen LogP contribution in [0.25, 0.3) is 28.2 Å². The second kappa shape index (κ2) is 6.92. The Balaban J connectivity index is 2.09. The quantitative estimate of drug-likeness (QED) is 0.394. The monoisotopic (exact) mass is 404 g/mol. The molecule has 2 aromatic carbocycles. The Morgan fingerprint density at radius 2 is 1.87 bits per heavy atom. The lowest BCUT2D eigenvalue weighted by molar-refractivity contribution is -0.384. The highest BCUT2D eigenvalue weighted by atomic mass is 16.6. The molecule has 0 fully saturated rings. The summed E-state index contributed by atoms with van der Waals surface area (Å²) in [7, 11) is 0. The molecule has 0 aliphatic carbocycles. The molecule has 0 unspecified atom stereocenters. The fourth-order valence-electron chi connectivity index (χ4n) is 3.21. The number of rotatable bonds is 4. The summed E-state index contributed by atoms with van der Waals surface area (Å²) in [5.74, 6) is -0.976. The SMILES string of the molecule is Cc1ccc(-n2c(=O)[nH]c3c(C(N)=O)nc(-c4ccccc4[N+](=O)[O-])nc32)cc1C. The number of carbonyl (C=O) groups is 1. The van der Waals surface area contributed by atoms with Crippen LogP contribution in [0.3, 0.4) is 0 Å². The number of carbonyl (C=O) groups excluding carboxylic acids is 1. The number of amides is 1. The number of benzene rings is 2. The minimum Gasteiger partial charge on any atom is -0.364 e. The Labute approximate surface area is 169 Å². The molecule has 0 radical (unpaired) electrons. The van der Waals surface area contributed by atoms with Crippen molar-refractivity contribution in [3.63, 3.8) is 0 Å². The molecule has 0 aliphatic heterocycles. The number of H-pyrrole nitrogens is 1. The van der Waals surface area contributed by atoms with Crippen LogP contribution < -0.4 is 11.4 Å². The zero-order valence-electron chi connectivity index (χ0n) is 16.0. The smallest absolute Gasteiger partial charge is 0.332 e. The molecule has 0 bridgehead atoms. The highest BCUT2D eigenvalue weighted by molar-refractivity contribution is 6.02. The van der Waals surface area contributed by atoms with E-state index in [1.54, 1.807) is 18.2 Å². The Hall–Kier alpha value is -4.34. The maximum atomic E-state index is 12.7. The number of fused-ring (bicyclic) bond motifs is 1. The van der Waals surface area contributed by atoms with Crippen LogP contribution in [0.2, 0.25) is 0 Å². The fourth-order valence-corrected chi connectivity index (χ4v) is 3.21. The average Bonchev–Trinajstić information content (AvgIpc) is 3.04. The summed E-state index contributed by atoms with van der Waals surface area (Å²) < 4.78 is 1.29. The third-order valence-corrected chi connectivity index (χ3v) is 4.86. The Morgan fingerprint density at radius 1 is 1.13 bits per heavy atom. The molecule has 0 aliphatic rings. The molecular formula is C20H16N6O4. The topological polar surface area (TPSA) is 150 Å². The number of primary amides is 1. The van der Waals surface area contributed by atoms with Crippen molar-refractivity contribution in [2.24, 2.45) is 5.73 Å².